The smallest absolute Gasteiger partial charge is 0.377 e. The van der Waals surface area contributed by atoms with Gasteiger partial charge in [-0.1, -0.05) is 43.7 Å². The second-order valence-corrected chi connectivity index (χ2v) is 6.94. The van der Waals surface area contributed by atoms with Crippen LogP contribution in [-0.2, 0) is 19.9 Å². The van der Waals surface area contributed by atoms with E-state index >= 15 is 0 Å². The van der Waals surface area contributed by atoms with Gasteiger partial charge in [-0.3, -0.25) is 0 Å². The zero-order valence-corrected chi connectivity index (χ0v) is 11.9. The first-order valence-electron chi connectivity index (χ1n) is 6.04. The van der Waals surface area contributed by atoms with Crippen LogP contribution in [0.3, 0.4) is 0 Å². The molecule has 0 saturated heterocycles. The van der Waals surface area contributed by atoms with Crippen LogP contribution in [0.5, 0.6) is 0 Å². The average Bonchev–Trinajstić information content (AvgIpc) is 2.41. The standard InChI is InChI=1S/C13H22O3Si/c1-4-5-11-17(14-2,15-3)16-12-13-9-7-6-8-10-13/h6-10H,4-5,11-12H2,1-3H3. The molecule has 1 rings (SSSR count). The summed E-state index contributed by atoms with van der Waals surface area (Å²) in [5.41, 5.74) is 1.15. The quantitative estimate of drug-likeness (QED) is 0.667. The molecule has 0 bridgehead atoms. The minimum absolute atomic E-state index is 0.554. The Morgan fingerprint density at radius 1 is 1.06 bits per heavy atom. The topological polar surface area (TPSA) is 27.7 Å². The summed E-state index contributed by atoms with van der Waals surface area (Å²) < 4.78 is 16.9. The van der Waals surface area contributed by atoms with Gasteiger partial charge in [-0.05, 0) is 12.0 Å². The van der Waals surface area contributed by atoms with Crippen LogP contribution in [0.25, 0.3) is 0 Å². The van der Waals surface area contributed by atoms with Crippen molar-refractivity contribution >= 4 is 8.80 Å². The number of benzene rings is 1. The van der Waals surface area contributed by atoms with Crippen LogP contribution in [0, 0.1) is 0 Å². The zero-order chi connectivity index (χ0) is 12.6. The van der Waals surface area contributed by atoms with Crippen LogP contribution in [0.15, 0.2) is 30.3 Å². The molecule has 96 valence electrons. The molecule has 0 aliphatic carbocycles. The second-order valence-electron chi connectivity index (χ2n) is 3.97. The summed E-state index contributed by atoms with van der Waals surface area (Å²) >= 11 is 0. The molecule has 1 aromatic rings. The Bertz CT molecular complexity index is 299. The Morgan fingerprint density at radius 2 is 1.71 bits per heavy atom. The van der Waals surface area contributed by atoms with Gasteiger partial charge in [0.05, 0.1) is 6.61 Å². The first-order chi connectivity index (χ1) is 8.26. The van der Waals surface area contributed by atoms with Crippen molar-refractivity contribution in [3.63, 3.8) is 0 Å². The Balaban J connectivity index is 2.54. The van der Waals surface area contributed by atoms with Gasteiger partial charge in [-0.2, -0.15) is 0 Å². The Labute approximate surface area is 105 Å². The van der Waals surface area contributed by atoms with Crippen molar-refractivity contribution in [2.24, 2.45) is 0 Å². The molecule has 0 amide bonds. The molecular weight excluding hydrogens is 232 g/mol. The van der Waals surface area contributed by atoms with E-state index in [1.54, 1.807) is 14.2 Å². The van der Waals surface area contributed by atoms with Crippen LogP contribution < -0.4 is 0 Å². The van der Waals surface area contributed by atoms with Crippen molar-refractivity contribution in [2.75, 3.05) is 14.2 Å². The lowest BCUT2D eigenvalue weighted by atomic mass is 10.2. The lowest BCUT2D eigenvalue weighted by molar-refractivity contribution is 0.0907. The van der Waals surface area contributed by atoms with Gasteiger partial charge in [0, 0.05) is 20.3 Å². The summed E-state index contributed by atoms with van der Waals surface area (Å²) in [5, 5.41) is 0. The molecule has 17 heavy (non-hydrogen) atoms. The first-order valence-corrected chi connectivity index (χ1v) is 7.97. The average molecular weight is 254 g/mol. The van der Waals surface area contributed by atoms with E-state index in [9.17, 15) is 0 Å². The third-order valence-corrected chi connectivity index (χ3v) is 5.55. The normalized spacial score (nSPS) is 11.7. The van der Waals surface area contributed by atoms with E-state index in [1.165, 1.54) is 0 Å². The van der Waals surface area contributed by atoms with Crippen molar-refractivity contribution in [1.29, 1.82) is 0 Å². The highest BCUT2D eigenvalue weighted by molar-refractivity contribution is 6.60. The van der Waals surface area contributed by atoms with Gasteiger partial charge < -0.3 is 13.3 Å². The summed E-state index contributed by atoms with van der Waals surface area (Å²) in [6.45, 7) is 2.71. The maximum Gasteiger partial charge on any atom is 0.500 e. The van der Waals surface area contributed by atoms with Crippen LogP contribution in [0.2, 0.25) is 6.04 Å². The number of rotatable bonds is 8. The monoisotopic (exact) mass is 254 g/mol. The Morgan fingerprint density at radius 3 is 2.24 bits per heavy atom. The highest BCUT2D eigenvalue weighted by atomic mass is 28.4. The molecule has 3 nitrogen and oxygen atoms in total. The fourth-order valence-electron chi connectivity index (χ4n) is 1.64. The van der Waals surface area contributed by atoms with E-state index in [2.05, 4.69) is 6.92 Å². The summed E-state index contributed by atoms with van der Waals surface area (Å²) in [6.07, 6.45) is 2.19. The maximum absolute atomic E-state index is 5.91. The molecule has 0 saturated carbocycles. The summed E-state index contributed by atoms with van der Waals surface area (Å²) in [6, 6.07) is 11.0. The lowest BCUT2D eigenvalue weighted by Gasteiger charge is -2.26. The molecular formula is C13H22O3Si. The molecule has 0 N–H and O–H groups in total. The molecule has 4 heteroatoms. The fraction of sp³-hybridized carbons (Fsp3) is 0.538. The minimum atomic E-state index is -2.45. The predicted molar refractivity (Wildman–Crippen MR) is 70.7 cm³/mol. The molecule has 0 spiro atoms. The first kappa shape index (κ1) is 14.4. The van der Waals surface area contributed by atoms with E-state index in [1.807, 2.05) is 30.3 Å². The van der Waals surface area contributed by atoms with Crippen LogP contribution in [0.4, 0.5) is 0 Å². The second kappa shape index (κ2) is 7.61. The number of unbranched alkanes of at least 4 members (excludes halogenated alkanes) is 1. The molecule has 0 aliphatic heterocycles. The highest BCUT2D eigenvalue weighted by Crippen LogP contribution is 2.19. The fourth-order valence-corrected chi connectivity index (χ4v) is 3.77. The van der Waals surface area contributed by atoms with Crippen molar-refractivity contribution in [3.8, 4) is 0 Å². The van der Waals surface area contributed by atoms with Crippen molar-refractivity contribution < 1.29 is 13.3 Å². The summed E-state index contributed by atoms with van der Waals surface area (Å²) in [4.78, 5) is 0. The third kappa shape index (κ3) is 4.59. The van der Waals surface area contributed by atoms with E-state index < -0.39 is 8.80 Å². The van der Waals surface area contributed by atoms with Crippen molar-refractivity contribution in [1.82, 2.24) is 0 Å². The lowest BCUT2D eigenvalue weighted by Crippen LogP contribution is -2.43. The number of hydrogen-bond donors (Lipinski definition) is 0. The third-order valence-electron chi connectivity index (χ3n) is 2.76. The molecule has 0 heterocycles. The molecule has 0 unspecified atom stereocenters. The Hall–Kier alpha value is -0.683. The summed E-state index contributed by atoms with van der Waals surface area (Å²) in [5.74, 6) is 0. The molecule has 0 fully saturated rings. The molecule has 0 aromatic heterocycles. The van der Waals surface area contributed by atoms with E-state index in [-0.39, 0.29) is 0 Å². The van der Waals surface area contributed by atoms with Crippen LogP contribution in [-0.4, -0.2) is 23.0 Å². The van der Waals surface area contributed by atoms with E-state index in [0.29, 0.717) is 6.61 Å². The molecule has 0 atom stereocenters. The highest BCUT2D eigenvalue weighted by Gasteiger charge is 2.38. The van der Waals surface area contributed by atoms with Crippen LogP contribution in [0.1, 0.15) is 25.3 Å². The predicted octanol–water partition coefficient (Wildman–Crippen LogP) is 3.24. The van der Waals surface area contributed by atoms with E-state index in [4.69, 9.17) is 13.3 Å². The van der Waals surface area contributed by atoms with Gasteiger partial charge in [-0.15, -0.1) is 0 Å². The summed E-state index contributed by atoms with van der Waals surface area (Å²) in [7, 11) is 0.907. The van der Waals surface area contributed by atoms with Gasteiger partial charge in [0.2, 0.25) is 0 Å². The van der Waals surface area contributed by atoms with Gasteiger partial charge in [0.25, 0.3) is 0 Å². The SMILES string of the molecule is CCCC[Si](OC)(OC)OCc1ccccc1. The van der Waals surface area contributed by atoms with E-state index in [0.717, 1.165) is 24.4 Å². The largest absolute Gasteiger partial charge is 0.500 e. The van der Waals surface area contributed by atoms with Gasteiger partial charge >= 0.3 is 8.80 Å². The van der Waals surface area contributed by atoms with Crippen molar-refractivity contribution in [3.05, 3.63) is 35.9 Å². The molecule has 1 aromatic carbocycles. The van der Waals surface area contributed by atoms with Gasteiger partial charge in [0.15, 0.2) is 0 Å². The van der Waals surface area contributed by atoms with Gasteiger partial charge in [-0.25, -0.2) is 0 Å². The van der Waals surface area contributed by atoms with Crippen LogP contribution >= 0.6 is 0 Å². The molecule has 0 radical (unpaired) electrons. The number of hydrogen-bond acceptors (Lipinski definition) is 3. The minimum Gasteiger partial charge on any atom is -0.377 e. The van der Waals surface area contributed by atoms with Crippen molar-refractivity contribution in [2.45, 2.75) is 32.4 Å². The molecule has 0 aliphatic rings. The Kier molecular flexibility index (Phi) is 6.43. The zero-order valence-electron chi connectivity index (χ0n) is 10.9. The maximum atomic E-state index is 5.91. The van der Waals surface area contributed by atoms with Gasteiger partial charge in [0.1, 0.15) is 0 Å².